The number of nitrogens with zero attached hydrogens (tertiary/aromatic N) is 1. The van der Waals surface area contributed by atoms with Crippen molar-refractivity contribution < 1.29 is 26.3 Å². The number of hydrogen-bond donors (Lipinski definition) is 2. The molecule has 2 aromatic carbocycles. The number of rotatable bonds is 7. The van der Waals surface area contributed by atoms with Crippen molar-refractivity contribution in [3.63, 3.8) is 0 Å². The van der Waals surface area contributed by atoms with Crippen molar-refractivity contribution in [2.75, 3.05) is 6.26 Å². The summed E-state index contributed by atoms with van der Waals surface area (Å²) >= 11 is 0. The first-order valence-corrected chi connectivity index (χ1v) is 10.2. The fourth-order valence-corrected chi connectivity index (χ4v) is 3.21. The molecule has 0 aliphatic rings. The number of guanidine groups is 1. The van der Waals surface area contributed by atoms with Crippen molar-refractivity contribution in [2.24, 2.45) is 10.7 Å². The number of aliphatic imine (C=N–C) groups is 1. The molecule has 0 aliphatic heterocycles. The zero-order valence-corrected chi connectivity index (χ0v) is 18.6. The molecule has 0 spiro atoms. The SMILES string of the molecule is CS(=O)(=O)Cc1ccccc1CNC(N)=NCc1ccc(OC(F)(F)F)cc1.I. The first kappa shape index (κ1) is 25.0. The van der Waals surface area contributed by atoms with E-state index in [1.54, 1.807) is 24.3 Å². The Morgan fingerprint density at radius 3 is 2.24 bits per heavy atom. The van der Waals surface area contributed by atoms with Gasteiger partial charge in [-0.05, 0) is 28.8 Å². The van der Waals surface area contributed by atoms with Crippen LogP contribution in [-0.2, 0) is 28.7 Å². The van der Waals surface area contributed by atoms with Gasteiger partial charge >= 0.3 is 6.36 Å². The lowest BCUT2D eigenvalue weighted by molar-refractivity contribution is -0.274. The maximum absolute atomic E-state index is 12.1. The van der Waals surface area contributed by atoms with Crippen molar-refractivity contribution in [3.05, 3.63) is 65.2 Å². The van der Waals surface area contributed by atoms with Gasteiger partial charge < -0.3 is 15.8 Å². The number of nitrogens with one attached hydrogen (secondary N) is 1. The van der Waals surface area contributed by atoms with Gasteiger partial charge in [0.2, 0.25) is 0 Å². The van der Waals surface area contributed by atoms with Gasteiger partial charge in [-0.15, -0.1) is 37.1 Å². The second kappa shape index (κ2) is 10.7. The molecule has 29 heavy (non-hydrogen) atoms. The van der Waals surface area contributed by atoms with E-state index < -0.39 is 16.2 Å². The minimum Gasteiger partial charge on any atom is -0.406 e. The van der Waals surface area contributed by atoms with E-state index >= 15 is 0 Å². The minimum absolute atomic E-state index is 0. The molecular weight excluding hydrogens is 522 g/mol. The van der Waals surface area contributed by atoms with Crippen molar-refractivity contribution >= 4 is 39.8 Å². The predicted molar refractivity (Wildman–Crippen MR) is 116 cm³/mol. The molecular formula is C18H21F3IN3O3S. The van der Waals surface area contributed by atoms with Crippen molar-refractivity contribution in [3.8, 4) is 5.75 Å². The van der Waals surface area contributed by atoms with Crippen LogP contribution in [-0.4, -0.2) is 27.0 Å². The third kappa shape index (κ3) is 9.83. The van der Waals surface area contributed by atoms with Gasteiger partial charge in [0.15, 0.2) is 15.8 Å². The average molecular weight is 543 g/mol. The summed E-state index contributed by atoms with van der Waals surface area (Å²) in [6.07, 6.45) is -3.57. The summed E-state index contributed by atoms with van der Waals surface area (Å²) in [5.74, 6) is -0.257. The van der Waals surface area contributed by atoms with Crippen LogP contribution in [0.15, 0.2) is 53.5 Å². The monoisotopic (exact) mass is 543 g/mol. The lowest BCUT2D eigenvalue weighted by atomic mass is 10.1. The zero-order valence-electron chi connectivity index (χ0n) is 15.4. The summed E-state index contributed by atoms with van der Waals surface area (Å²) in [4.78, 5) is 4.12. The second-order valence-corrected chi connectivity index (χ2v) is 8.23. The van der Waals surface area contributed by atoms with E-state index in [4.69, 9.17) is 5.73 Å². The molecule has 0 aromatic heterocycles. The summed E-state index contributed by atoms with van der Waals surface area (Å²) in [5.41, 5.74) is 7.91. The molecule has 0 saturated heterocycles. The Balaban J connectivity index is 0.00000420. The standard InChI is InChI=1S/C18H20F3N3O3S.HI/c1-28(25,26)12-15-5-3-2-4-14(15)11-24-17(22)23-10-13-6-8-16(9-7-13)27-18(19,20)21;/h2-9H,10-12H2,1H3,(H3,22,23,24);1H. The molecule has 0 amide bonds. The molecule has 160 valence electrons. The first-order valence-electron chi connectivity index (χ1n) is 8.15. The summed E-state index contributed by atoms with van der Waals surface area (Å²) in [6.45, 7) is 0.454. The van der Waals surface area contributed by atoms with Gasteiger partial charge in [0.05, 0.1) is 12.3 Å². The summed E-state index contributed by atoms with van der Waals surface area (Å²) in [7, 11) is -3.17. The number of benzene rings is 2. The zero-order chi connectivity index (χ0) is 20.8. The summed E-state index contributed by atoms with van der Waals surface area (Å²) in [6, 6.07) is 12.4. The topological polar surface area (TPSA) is 93.8 Å². The quantitative estimate of drug-likeness (QED) is 0.318. The number of halogens is 4. The lowest BCUT2D eigenvalue weighted by Crippen LogP contribution is -2.31. The van der Waals surface area contributed by atoms with Gasteiger partial charge in [-0.2, -0.15) is 0 Å². The Labute approximate surface area is 184 Å². The van der Waals surface area contributed by atoms with Crippen LogP contribution < -0.4 is 15.8 Å². The minimum atomic E-state index is -4.73. The van der Waals surface area contributed by atoms with Gasteiger partial charge in [0.1, 0.15) is 5.75 Å². The molecule has 11 heteroatoms. The lowest BCUT2D eigenvalue weighted by Gasteiger charge is -2.11. The van der Waals surface area contributed by atoms with Crippen molar-refractivity contribution in [2.45, 2.75) is 25.2 Å². The Hall–Kier alpha value is -2.02. The van der Waals surface area contributed by atoms with Gasteiger partial charge in [0, 0.05) is 12.8 Å². The van der Waals surface area contributed by atoms with E-state index in [0.717, 1.165) is 11.8 Å². The molecule has 0 heterocycles. The molecule has 0 unspecified atom stereocenters. The third-order valence-electron chi connectivity index (χ3n) is 3.58. The molecule has 0 radical (unpaired) electrons. The molecule has 0 saturated carbocycles. The van der Waals surface area contributed by atoms with E-state index in [2.05, 4.69) is 15.0 Å². The number of ether oxygens (including phenoxy) is 1. The number of sulfone groups is 1. The van der Waals surface area contributed by atoms with Crippen LogP contribution in [0.1, 0.15) is 16.7 Å². The Morgan fingerprint density at radius 1 is 1.10 bits per heavy atom. The van der Waals surface area contributed by atoms with Gasteiger partial charge in [-0.3, -0.25) is 0 Å². The first-order chi connectivity index (χ1) is 13.0. The van der Waals surface area contributed by atoms with Crippen LogP contribution in [0, 0.1) is 0 Å². The van der Waals surface area contributed by atoms with Crippen LogP contribution in [0.5, 0.6) is 5.75 Å². The van der Waals surface area contributed by atoms with Crippen LogP contribution in [0.3, 0.4) is 0 Å². The highest BCUT2D eigenvalue weighted by Gasteiger charge is 2.30. The maximum Gasteiger partial charge on any atom is 0.573 e. The smallest absolute Gasteiger partial charge is 0.406 e. The van der Waals surface area contributed by atoms with E-state index in [-0.39, 0.29) is 48.0 Å². The molecule has 0 bridgehead atoms. The van der Waals surface area contributed by atoms with Crippen LogP contribution >= 0.6 is 24.0 Å². The fourth-order valence-electron chi connectivity index (χ4n) is 2.37. The molecule has 0 fully saturated rings. The summed E-state index contributed by atoms with van der Waals surface area (Å²) in [5, 5.41) is 2.90. The predicted octanol–water partition coefficient (Wildman–Crippen LogP) is 3.35. The fraction of sp³-hybridized carbons (Fsp3) is 0.278. The largest absolute Gasteiger partial charge is 0.573 e. The van der Waals surface area contributed by atoms with Gasteiger partial charge in [-0.1, -0.05) is 36.4 Å². The van der Waals surface area contributed by atoms with Crippen LogP contribution in [0.2, 0.25) is 0 Å². The number of nitrogens with two attached hydrogens (primary N) is 1. The van der Waals surface area contributed by atoms with Gasteiger partial charge in [-0.25, -0.2) is 13.4 Å². The Bertz CT molecular complexity index is 933. The van der Waals surface area contributed by atoms with E-state index in [9.17, 15) is 21.6 Å². The number of hydrogen-bond acceptors (Lipinski definition) is 4. The average Bonchev–Trinajstić information content (AvgIpc) is 2.58. The van der Waals surface area contributed by atoms with Gasteiger partial charge in [0.25, 0.3) is 0 Å². The summed E-state index contributed by atoms with van der Waals surface area (Å²) < 4.78 is 63.2. The molecule has 2 rings (SSSR count). The highest BCUT2D eigenvalue weighted by Crippen LogP contribution is 2.22. The normalized spacial score (nSPS) is 12.2. The van der Waals surface area contributed by atoms with E-state index in [1.165, 1.54) is 24.3 Å². The van der Waals surface area contributed by atoms with Crippen molar-refractivity contribution in [1.29, 1.82) is 0 Å². The highest BCUT2D eigenvalue weighted by atomic mass is 127. The van der Waals surface area contributed by atoms with E-state index in [0.29, 0.717) is 17.7 Å². The molecule has 6 nitrogen and oxygen atoms in total. The molecule has 0 atom stereocenters. The third-order valence-corrected chi connectivity index (χ3v) is 4.42. The number of alkyl halides is 3. The maximum atomic E-state index is 12.1. The Morgan fingerprint density at radius 2 is 1.69 bits per heavy atom. The molecule has 2 aromatic rings. The highest BCUT2D eigenvalue weighted by molar-refractivity contribution is 14.0. The van der Waals surface area contributed by atoms with Crippen molar-refractivity contribution in [1.82, 2.24) is 5.32 Å². The Kier molecular flexibility index (Phi) is 9.20. The van der Waals surface area contributed by atoms with Crippen LogP contribution in [0.4, 0.5) is 13.2 Å². The second-order valence-electron chi connectivity index (χ2n) is 6.09. The molecule has 3 N–H and O–H groups in total. The van der Waals surface area contributed by atoms with E-state index in [1.807, 2.05) is 0 Å². The van der Waals surface area contributed by atoms with Crippen LogP contribution in [0.25, 0.3) is 0 Å². The molecule has 0 aliphatic carbocycles.